The number of hydrogen-bond donors (Lipinski definition) is 2. The van der Waals surface area contributed by atoms with Gasteiger partial charge in [0, 0.05) is 5.56 Å². The fourth-order valence-electron chi connectivity index (χ4n) is 1.98. The van der Waals surface area contributed by atoms with Gasteiger partial charge in [-0.3, -0.25) is 0 Å². The van der Waals surface area contributed by atoms with Gasteiger partial charge in [-0.05, 0) is 24.6 Å². The summed E-state index contributed by atoms with van der Waals surface area (Å²) in [6, 6.07) is 13.4. The molecule has 0 atom stereocenters. The van der Waals surface area contributed by atoms with Gasteiger partial charge in [-0.15, -0.1) is 0 Å². The zero-order chi connectivity index (χ0) is 11.8. The van der Waals surface area contributed by atoms with Gasteiger partial charge in [-0.1, -0.05) is 30.3 Å². The summed E-state index contributed by atoms with van der Waals surface area (Å²) < 4.78 is 0. The van der Waals surface area contributed by atoms with Crippen molar-refractivity contribution in [3.8, 4) is 17.1 Å². The van der Waals surface area contributed by atoms with Gasteiger partial charge in [0.15, 0.2) is 0 Å². The van der Waals surface area contributed by atoms with Gasteiger partial charge in [-0.25, -0.2) is 4.98 Å². The molecule has 3 aromatic rings. The molecule has 0 bridgehead atoms. The number of hydrogen-bond acceptors (Lipinski definition) is 2. The lowest BCUT2D eigenvalue weighted by Crippen LogP contribution is -1.83. The van der Waals surface area contributed by atoms with E-state index in [2.05, 4.69) is 9.97 Å². The van der Waals surface area contributed by atoms with Crippen LogP contribution in [0.25, 0.3) is 22.4 Å². The van der Waals surface area contributed by atoms with Crippen LogP contribution >= 0.6 is 0 Å². The van der Waals surface area contributed by atoms with Crippen LogP contribution in [-0.2, 0) is 0 Å². The molecule has 1 heterocycles. The van der Waals surface area contributed by atoms with Crippen molar-refractivity contribution in [2.75, 3.05) is 0 Å². The number of phenols is 1. The van der Waals surface area contributed by atoms with Gasteiger partial charge in [0.2, 0.25) is 0 Å². The molecule has 0 fully saturated rings. The number of rotatable bonds is 1. The monoisotopic (exact) mass is 224 g/mol. The van der Waals surface area contributed by atoms with Crippen LogP contribution < -0.4 is 0 Å². The van der Waals surface area contributed by atoms with Crippen LogP contribution in [0.4, 0.5) is 0 Å². The lowest BCUT2D eigenvalue weighted by Gasteiger charge is -2.00. The lowest BCUT2D eigenvalue weighted by molar-refractivity contribution is 0.480. The molecule has 0 radical (unpaired) electrons. The molecule has 1 aromatic heterocycles. The lowest BCUT2D eigenvalue weighted by atomic mass is 10.1. The SMILES string of the molecule is Cc1ccccc1-c1nc2c(O)cccc2[nH]1. The van der Waals surface area contributed by atoms with Crippen molar-refractivity contribution < 1.29 is 5.11 Å². The van der Waals surface area contributed by atoms with E-state index in [1.165, 1.54) is 0 Å². The minimum absolute atomic E-state index is 0.207. The minimum Gasteiger partial charge on any atom is -0.506 e. The number of benzene rings is 2. The van der Waals surface area contributed by atoms with E-state index in [9.17, 15) is 5.11 Å². The quantitative estimate of drug-likeness (QED) is 0.666. The first-order valence-corrected chi connectivity index (χ1v) is 5.49. The highest BCUT2D eigenvalue weighted by atomic mass is 16.3. The Kier molecular flexibility index (Phi) is 2.11. The van der Waals surface area contributed by atoms with E-state index in [1.807, 2.05) is 37.3 Å². The number of aromatic hydroxyl groups is 1. The van der Waals surface area contributed by atoms with Crippen LogP contribution in [0.15, 0.2) is 42.5 Å². The summed E-state index contributed by atoms with van der Waals surface area (Å²) in [5.41, 5.74) is 3.68. The number of H-pyrrole nitrogens is 1. The van der Waals surface area contributed by atoms with Crippen molar-refractivity contribution in [1.29, 1.82) is 0 Å². The van der Waals surface area contributed by atoms with Gasteiger partial charge in [0.05, 0.1) is 5.52 Å². The number of para-hydroxylation sites is 1. The van der Waals surface area contributed by atoms with E-state index < -0.39 is 0 Å². The van der Waals surface area contributed by atoms with Crippen LogP contribution in [0.5, 0.6) is 5.75 Å². The first kappa shape index (κ1) is 9.90. The van der Waals surface area contributed by atoms with Crippen LogP contribution in [0.1, 0.15) is 5.56 Å². The Morgan fingerprint density at radius 2 is 1.88 bits per heavy atom. The minimum atomic E-state index is 0.207. The maximum absolute atomic E-state index is 9.72. The fourth-order valence-corrected chi connectivity index (χ4v) is 1.98. The number of imidazole rings is 1. The molecule has 0 spiro atoms. The number of aromatic nitrogens is 2. The fraction of sp³-hybridized carbons (Fsp3) is 0.0714. The number of fused-ring (bicyclic) bond motifs is 1. The standard InChI is InChI=1S/C14H12N2O/c1-9-5-2-3-6-10(9)14-15-11-7-4-8-12(17)13(11)16-14/h2-8,17H,1H3,(H,15,16). The van der Waals surface area contributed by atoms with Gasteiger partial charge in [0.25, 0.3) is 0 Å². The summed E-state index contributed by atoms with van der Waals surface area (Å²) in [7, 11) is 0. The molecule has 0 saturated heterocycles. The van der Waals surface area contributed by atoms with Crippen molar-refractivity contribution in [3.63, 3.8) is 0 Å². The molecular formula is C14H12N2O. The summed E-state index contributed by atoms with van der Waals surface area (Å²) in [6.45, 7) is 2.04. The van der Waals surface area contributed by atoms with E-state index in [0.717, 1.165) is 22.5 Å². The first-order valence-electron chi connectivity index (χ1n) is 5.49. The molecule has 0 aliphatic carbocycles. The molecule has 84 valence electrons. The summed E-state index contributed by atoms with van der Waals surface area (Å²) in [4.78, 5) is 7.66. The topological polar surface area (TPSA) is 48.9 Å². The molecule has 0 amide bonds. The molecule has 3 rings (SSSR count). The second-order valence-corrected chi connectivity index (χ2v) is 4.07. The number of nitrogens with zero attached hydrogens (tertiary/aromatic N) is 1. The zero-order valence-electron chi connectivity index (χ0n) is 9.44. The summed E-state index contributed by atoms with van der Waals surface area (Å²) in [6.07, 6.45) is 0. The Hall–Kier alpha value is -2.29. The summed E-state index contributed by atoms with van der Waals surface area (Å²) >= 11 is 0. The molecule has 0 saturated carbocycles. The maximum atomic E-state index is 9.72. The molecule has 0 aliphatic heterocycles. The third-order valence-electron chi connectivity index (χ3n) is 2.89. The molecule has 3 nitrogen and oxygen atoms in total. The van der Waals surface area contributed by atoms with E-state index in [1.54, 1.807) is 12.1 Å². The average Bonchev–Trinajstić information content (AvgIpc) is 2.75. The predicted molar refractivity (Wildman–Crippen MR) is 67.9 cm³/mol. The van der Waals surface area contributed by atoms with Crippen molar-refractivity contribution in [3.05, 3.63) is 48.0 Å². The third kappa shape index (κ3) is 1.56. The Bertz CT molecular complexity index is 686. The van der Waals surface area contributed by atoms with E-state index in [0.29, 0.717) is 5.52 Å². The predicted octanol–water partition coefficient (Wildman–Crippen LogP) is 3.24. The number of aryl methyl sites for hydroxylation is 1. The normalized spacial score (nSPS) is 10.9. The second kappa shape index (κ2) is 3.63. The van der Waals surface area contributed by atoms with Gasteiger partial charge in [-0.2, -0.15) is 0 Å². The van der Waals surface area contributed by atoms with Crippen molar-refractivity contribution in [1.82, 2.24) is 9.97 Å². The van der Waals surface area contributed by atoms with Crippen LogP contribution in [0, 0.1) is 6.92 Å². The Balaban J connectivity index is 2.26. The molecule has 0 aliphatic rings. The summed E-state index contributed by atoms with van der Waals surface area (Å²) in [5.74, 6) is 0.998. The van der Waals surface area contributed by atoms with E-state index >= 15 is 0 Å². The van der Waals surface area contributed by atoms with Crippen molar-refractivity contribution >= 4 is 11.0 Å². The van der Waals surface area contributed by atoms with Crippen LogP contribution in [0.2, 0.25) is 0 Å². The maximum Gasteiger partial charge on any atom is 0.143 e. The van der Waals surface area contributed by atoms with E-state index in [4.69, 9.17) is 0 Å². The van der Waals surface area contributed by atoms with Crippen LogP contribution in [-0.4, -0.2) is 15.1 Å². The highest BCUT2D eigenvalue weighted by Gasteiger charge is 2.09. The first-order chi connectivity index (χ1) is 8.25. The smallest absolute Gasteiger partial charge is 0.143 e. The molecule has 2 N–H and O–H groups in total. The number of nitrogens with one attached hydrogen (secondary N) is 1. The number of aromatic amines is 1. The summed E-state index contributed by atoms with van der Waals surface area (Å²) in [5, 5.41) is 9.72. The van der Waals surface area contributed by atoms with Gasteiger partial charge >= 0.3 is 0 Å². The number of phenolic OH excluding ortho intramolecular Hbond substituents is 1. The molecule has 3 heteroatoms. The molecule has 0 unspecified atom stereocenters. The van der Waals surface area contributed by atoms with Crippen molar-refractivity contribution in [2.24, 2.45) is 0 Å². The average molecular weight is 224 g/mol. The molecule has 17 heavy (non-hydrogen) atoms. The van der Waals surface area contributed by atoms with Crippen LogP contribution in [0.3, 0.4) is 0 Å². The Morgan fingerprint density at radius 3 is 2.65 bits per heavy atom. The van der Waals surface area contributed by atoms with Gasteiger partial charge in [0.1, 0.15) is 17.1 Å². The van der Waals surface area contributed by atoms with Gasteiger partial charge < -0.3 is 10.1 Å². The second-order valence-electron chi connectivity index (χ2n) is 4.07. The Labute approximate surface area is 98.8 Å². The zero-order valence-corrected chi connectivity index (χ0v) is 9.44. The largest absolute Gasteiger partial charge is 0.506 e. The highest BCUT2D eigenvalue weighted by Crippen LogP contribution is 2.27. The Morgan fingerprint density at radius 1 is 1.06 bits per heavy atom. The van der Waals surface area contributed by atoms with E-state index in [-0.39, 0.29) is 5.75 Å². The molecule has 2 aromatic carbocycles. The third-order valence-corrected chi connectivity index (χ3v) is 2.89. The molecular weight excluding hydrogens is 212 g/mol. The van der Waals surface area contributed by atoms with Crippen molar-refractivity contribution in [2.45, 2.75) is 6.92 Å². The highest BCUT2D eigenvalue weighted by molar-refractivity contribution is 5.84.